The standard InChI is InChI=1S/C14H23N3O3S/c1-11-4-5-14(20-3)13(10-11)12(2)16-21(18,19)17-8-6-15-7-9-17/h4-5,10,12,15-16H,6-9H2,1-3H3. The summed E-state index contributed by atoms with van der Waals surface area (Å²) < 4.78 is 34.3. The molecule has 1 aliphatic rings. The first-order valence-corrected chi connectivity index (χ1v) is 8.50. The Morgan fingerprint density at radius 3 is 2.62 bits per heavy atom. The van der Waals surface area contributed by atoms with Crippen LogP contribution in [0.1, 0.15) is 24.1 Å². The first-order chi connectivity index (χ1) is 9.94. The molecule has 2 rings (SSSR count). The Morgan fingerprint density at radius 1 is 1.33 bits per heavy atom. The SMILES string of the molecule is COc1ccc(C)cc1C(C)NS(=O)(=O)N1CCNCC1. The van der Waals surface area contributed by atoms with Gasteiger partial charge in [0.2, 0.25) is 0 Å². The van der Waals surface area contributed by atoms with Gasteiger partial charge in [-0.3, -0.25) is 0 Å². The molecule has 1 atom stereocenters. The highest BCUT2D eigenvalue weighted by molar-refractivity contribution is 7.87. The molecular weight excluding hydrogens is 290 g/mol. The predicted octanol–water partition coefficient (Wildman–Crippen LogP) is 0.804. The van der Waals surface area contributed by atoms with Crippen LogP contribution in [0.4, 0.5) is 0 Å². The number of aryl methyl sites for hydroxylation is 1. The van der Waals surface area contributed by atoms with E-state index in [9.17, 15) is 8.42 Å². The fraction of sp³-hybridized carbons (Fsp3) is 0.571. The van der Waals surface area contributed by atoms with Gasteiger partial charge in [0.1, 0.15) is 5.75 Å². The molecule has 1 aliphatic heterocycles. The molecule has 7 heteroatoms. The van der Waals surface area contributed by atoms with E-state index in [4.69, 9.17) is 4.74 Å². The van der Waals surface area contributed by atoms with Crippen LogP contribution in [0.25, 0.3) is 0 Å². The molecule has 1 saturated heterocycles. The van der Waals surface area contributed by atoms with Crippen molar-refractivity contribution in [2.45, 2.75) is 19.9 Å². The zero-order valence-corrected chi connectivity index (χ0v) is 13.5. The van der Waals surface area contributed by atoms with Crippen molar-refractivity contribution >= 4 is 10.2 Å². The maximum atomic E-state index is 12.4. The summed E-state index contributed by atoms with van der Waals surface area (Å²) in [5, 5.41) is 3.14. The average molecular weight is 313 g/mol. The van der Waals surface area contributed by atoms with Gasteiger partial charge >= 0.3 is 0 Å². The van der Waals surface area contributed by atoms with E-state index in [0.717, 1.165) is 11.1 Å². The summed E-state index contributed by atoms with van der Waals surface area (Å²) in [4.78, 5) is 0. The Hall–Kier alpha value is -1.15. The van der Waals surface area contributed by atoms with Gasteiger partial charge in [0.25, 0.3) is 10.2 Å². The minimum atomic E-state index is -3.48. The zero-order chi connectivity index (χ0) is 15.5. The molecule has 1 aromatic carbocycles. The molecule has 1 heterocycles. The van der Waals surface area contributed by atoms with Gasteiger partial charge in [0.15, 0.2) is 0 Å². The van der Waals surface area contributed by atoms with E-state index in [1.165, 1.54) is 4.31 Å². The Bertz CT molecular complexity index is 583. The lowest BCUT2D eigenvalue weighted by Crippen LogP contribution is -2.50. The van der Waals surface area contributed by atoms with Crippen LogP contribution in [0.15, 0.2) is 18.2 Å². The van der Waals surface area contributed by atoms with Crippen molar-refractivity contribution in [3.8, 4) is 5.75 Å². The van der Waals surface area contributed by atoms with Crippen molar-refractivity contribution in [2.75, 3.05) is 33.3 Å². The molecule has 1 fully saturated rings. The lowest BCUT2D eigenvalue weighted by atomic mass is 10.1. The average Bonchev–Trinajstić information content (AvgIpc) is 2.47. The topological polar surface area (TPSA) is 70.7 Å². The number of benzene rings is 1. The number of hydrogen-bond acceptors (Lipinski definition) is 4. The van der Waals surface area contributed by atoms with Crippen molar-refractivity contribution in [2.24, 2.45) is 0 Å². The van der Waals surface area contributed by atoms with Crippen molar-refractivity contribution in [3.63, 3.8) is 0 Å². The monoisotopic (exact) mass is 313 g/mol. The van der Waals surface area contributed by atoms with Crippen LogP contribution in [0.2, 0.25) is 0 Å². The van der Waals surface area contributed by atoms with Crippen LogP contribution in [0, 0.1) is 6.92 Å². The number of piperazine rings is 1. The molecule has 2 N–H and O–H groups in total. The van der Waals surface area contributed by atoms with Gasteiger partial charge in [-0.1, -0.05) is 17.7 Å². The lowest BCUT2D eigenvalue weighted by molar-refractivity contribution is 0.351. The second kappa shape index (κ2) is 6.74. The van der Waals surface area contributed by atoms with Crippen LogP contribution in [0.3, 0.4) is 0 Å². The van der Waals surface area contributed by atoms with E-state index in [0.29, 0.717) is 31.9 Å². The lowest BCUT2D eigenvalue weighted by Gasteiger charge is -2.28. The number of hydrogen-bond donors (Lipinski definition) is 2. The van der Waals surface area contributed by atoms with Crippen LogP contribution >= 0.6 is 0 Å². The predicted molar refractivity (Wildman–Crippen MR) is 82.6 cm³/mol. The molecule has 21 heavy (non-hydrogen) atoms. The summed E-state index contributed by atoms with van der Waals surface area (Å²) in [7, 11) is -1.89. The Kier molecular flexibility index (Phi) is 5.21. The number of nitrogens with zero attached hydrogens (tertiary/aromatic N) is 1. The van der Waals surface area contributed by atoms with Crippen LogP contribution in [-0.2, 0) is 10.2 Å². The third-order valence-electron chi connectivity index (χ3n) is 3.59. The molecule has 0 saturated carbocycles. The van der Waals surface area contributed by atoms with Gasteiger partial charge in [-0.2, -0.15) is 17.4 Å². The van der Waals surface area contributed by atoms with Crippen molar-refractivity contribution in [1.82, 2.24) is 14.3 Å². The van der Waals surface area contributed by atoms with E-state index < -0.39 is 10.2 Å². The van der Waals surface area contributed by atoms with E-state index in [-0.39, 0.29) is 6.04 Å². The highest BCUT2D eigenvalue weighted by Crippen LogP contribution is 2.26. The van der Waals surface area contributed by atoms with Gasteiger partial charge in [0.05, 0.1) is 7.11 Å². The first kappa shape index (κ1) is 16.2. The second-order valence-corrected chi connectivity index (χ2v) is 6.94. The summed E-state index contributed by atoms with van der Waals surface area (Å²) in [6, 6.07) is 5.41. The van der Waals surface area contributed by atoms with Gasteiger partial charge in [-0.15, -0.1) is 0 Å². The molecule has 0 radical (unpaired) electrons. The molecule has 6 nitrogen and oxygen atoms in total. The van der Waals surface area contributed by atoms with E-state index in [1.807, 2.05) is 32.0 Å². The van der Waals surface area contributed by atoms with Crippen molar-refractivity contribution < 1.29 is 13.2 Å². The number of ether oxygens (including phenoxy) is 1. The number of methoxy groups -OCH3 is 1. The van der Waals surface area contributed by atoms with E-state index in [1.54, 1.807) is 7.11 Å². The number of nitrogens with one attached hydrogen (secondary N) is 2. The fourth-order valence-corrected chi connectivity index (χ4v) is 3.82. The maximum Gasteiger partial charge on any atom is 0.280 e. The van der Waals surface area contributed by atoms with Gasteiger partial charge < -0.3 is 10.1 Å². The largest absolute Gasteiger partial charge is 0.496 e. The molecule has 0 spiro atoms. The highest BCUT2D eigenvalue weighted by atomic mass is 32.2. The van der Waals surface area contributed by atoms with Gasteiger partial charge in [0, 0.05) is 37.8 Å². The third-order valence-corrected chi connectivity index (χ3v) is 5.29. The van der Waals surface area contributed by atoms with Crippen LogP contribution in [-0.4, -0.2) is 46.0 Å². The second-order valence-electron chi connectivity index (χ2n) is 5.24. The number of rotatable bonds is 5. The smallest absolute Gasteiger partial charge is 0.280 e. The fourth-order valence-electron chi connectivity index (χ4n) is 2.44. The minimum absolute atomic E-state index is 0.347. The van der Waals surface area contributed by atoms with Gasteiger partial charge in [-0.05, 0) is 19.9 Å². The summed E-state index contributed by atoms with van der Waals surface area (Å²) in [6.45, 7) is 6.16. The normalized spacial score (nSPS) is 18.4. The first-order valence-electron chi connectivity index (χ1n) is 7.06. The summed E-state index contributed by atoms with van der Waals surface area (Å²) in [6.07, 6.45) is 0. The Morgan fingerprint density at radius 2 is 2.00 bits per heavy atom. The summed E-state index contributed by atoms with van der Waals surface area (Å²) in [5.41, 5.74) is 1.91. The summed E-state index contributed by atoms with van der Waals surface area (Å²) in [5.74, 6) is 0.691. The van der Waals surface area contributed by atoms with Crippen LogP contribution < -0.4 is 14.8 Å². The Balaban J connectivity index is 2.16. The molecule has 0 aliphatic carbocycles. The van der Waals surface area contributed by atoms with Gasteiger partial charge in [-0.25, -0.2) is 0 Å². The minimum Gasteiger partial charge on any atom is -0.496 e. The summed E-state index contributed by atoms with van der Waals surface area (Å²) >= 11 is 0. The third kappa shape index (κ3) is 3.94. The van der Waals surface area contributed by atoms with E-state index >= 15 is 0 Å². The van der Waals surface area contributed by atoms with Crippen LogP contribution in [0.5, 0.6) is 5.75 Å². The molecule has 118 valence electrons. The molecule has 0 amide bonds. The molecule has 0 aromatic heterocycles. The zero-order valence-electron chi connectivity index (χ0n) is 12.7. The molecule has 1 aromatic rings. The van der Waals surface area contributed by atoms with Crippen molar-refractivity contribution in [1.29, 1.82) is 0 Å². The maximum absolute atomic E-state index is 12.4. The molecule has 0 bridgehead atoms. The molecule has 1 unspecified atom stereocenters. The van der Waals surface area contributed by atoms with E-state index in [2.05, 4.69) is 10.0 Å². The highest BCUT2D eigenvalue weighted by Gasteiger charge is 2.26. The Labute approximate surface area is 126 Å². The van der Waals surface area contributed by atoms with Crippen molar-refractivity contribution in [3.05, 3.63) is 29.3 Å². The quantitative estimate of drug-likeness (QED) is 0.844. The molecular formula is C14H23N3O3S.